The van der Waals surface area contributed by atoms with Crippen LogP contribution in [-0.4, -0.2) is 22.3 Å². The van der Waals surface area contributed by atoms with Crippen LogP contribution >= 0.6 is 0 Å². The number of carbonyl (C=O) groups is 2. The van der Waals surface area contributed by atoms with Crippen LogP contribution in [-0.2, 0) is 0 Å². The molecule has 1 heterocycles. The number of hydrogen-bond acceptors (Lipinski definition) is 2. The lowest BCUT2D eigenvalue weighted by atomic mass is 10.1. The SMILES string of the molecule is Cc1cccc2c(C(=O)O)c(C=O)[nH]c12. The number of rotatable bonds is 2. The molecule has 2 aromatic rings. The molecule has 4 heteroatoms. The molecule has 0 bridgehead atoms. The van der Waals surface area contributed by atoms with E-state index in [0.717, 1.165) is 5.56 Å². The molecule has 0 unspecified atom stereocenters. The maximum atomic E-state index is 11.0. The van der Waals surface area contributed by atoms with Crippen molar-refractivity contribution < 1.29 is 14.7 Å². The molecule has 2 N–H and O–H groups in total. The van der Waals surface area contributed by atoms with Crippen molar-refractivity contribution in [3.8, 4) is 0 Å². The Morgan fingerprint density at radius 1 is 1.47 bits per heavy atom. The highest BCUT2D eigenvalue weighted by molar-refractivity contribution is 6.09. The number of fused-ring (bicyclic) bond motifs is 1. The number of hydrogen-bond donors (Lipinski definition) is 2. The van der Waals surface area contributed by atoms with E-state index in [4.69, 9.17) is 5.11 Å². The molecule has 0 aliphatic heterocycles. The third kappa shape index (κ3) is 1.30. The van der Waals surface area contributed by atoms with Gasteiger partial charge in [0.25, 0.3) is 0 Å². The normalized spacial score (nSPS) is 10.5. The van der Waals surface area contributed by atoms with E-state index in [2.05, 4.69) is 4.98 Å². The van der Waals surface area contributed by atoms with Gasteiger partial charge in [0, 0.05) is 10.9 Å². The van der Waals surface area contributed by atoms with Crippen LogP contribution in [0.5, 0.6) is 0 Å². The summed E-state index contributed by atoms with van der Waals surface area (Å²) in [5.74, 6) is -1.09. The third-order valence-electron chi connectivity index (χ3n) is 2.40. The Morgan fingerprint density at radius 3 is 2.80 bits per heavy atom. The van der Waals surface area contributed by atoms with Crippen molar-refractivity contribution in [3.63, 3.8) is 0 Å². The van der Waals surface area contributed by atoms with E-state index in [9.17, 15) is 9.59 Å². The minimum atomic E-state index is -1.09. The fourth-order valence-electron chi connectivity index (χ4n) is 1.70. The van der Waals surface area contributed by atoms with E-state index in [1.807, 2.05) is 13.0 Å². The molecule has 0 spiro atoms. The number of aldehydes is 1. The number of aromatic amines is 1. The standard InChI is InChI=1S/C11H9NO3/c1-6-3-2-4-7-9(11(14)15)8(5-13)12-10(6)7/h2-5,12H,1H3,(H,14,15). The van der Waals surface area contributed by atoms with Gasteiger partial charge in [-0.05, 0) is 12.5 Å². The third-order valence-corrected chi connectivity index (χ3v) is 2.40. The molecule has 0 aliphatic carbocycles. The Morgan fingerprint density at radius 2 is 2.20 bits per heavy atom. The summed E-state index contributed by atoms with van der Waals surface area (Å²) in [7, 11) is 0. The highest BCUT2D eigenvalue weighted by atomic mass is 16.4. The molecule has 1 aromatic heterocycles. The summed E-state index contributed by atoms with van der Waals surface area (Å²) in [4.78, 5) is 24.5. The monoisotopic (exact) mass is 203 g/mol. The van der Waals surface area contributed by atoms with Gasteiger partial charge in [-0.2, -0.15) is 0 Å². The van der Waals surface area contributed by atoms with Crippen molar-refractivity contribution in [1.82, 2.24) is 4.98 Å². The van der Waals surface area contributed by atoms with Gasteiger partial charge in [-0.15, -0.1) is 0 Å². The first kappa shape index (κ1) is 9.45. The predicted octanol–water partition coefficient (Wildman–Crippen LogP) is 1.99. The number of carbonyl (C=O) groups excluding carboxylic acids is 1. The number of carboxylic acids is 1. The van der Waals surface area contributed by atoms with Gasteiger partial charge in [-0.1, -0.05) is 18.2 Å². The molecule has 0 atom stereocenters. The molecule has 0 aliphatic rings. The smallest absolute Gasteiger partial charge is 0.338 e. The minimum Gasteiger partial charge on any atom is -0.478 e. The van der Waals surface area contributed by atoms with Crippen molar-refractivity contribution in [1.29, 1.82) is 0 Å². The molecule has 0 amide bonds. The zero-order chi connectivity index (χ0) is 11.0. The predicted molar refractivity (Wildman–Crippen MR) is 55.4 cm³/mol. The minimum absolute atomic E-state index is 0.0451. The molecule has 4 nitrogen and oxygen atoms in total. The molecular formula is C11H9NO3. The van der Waals surface area contributed by atoms with Gasteiger partial charge in [-0.3, -0.25) is 4.79 Å². The van der Waals surface area contributed by atoms with Gasteiger partial charge in [0.1, 0.15) is 0 Å². The molecular weight excluding hydrogens is 194 g/mol. The largest absolute Gasteiger partial charge is 0.478 e. The lowest BCUT2D eigenvalue weighted by Crippen LogP contribution is -1.99. The van der Waals surface area contributed by atoms with Crippen LogP contribution in [0.2, 0.25) is 0 Å². The number of aromatic nitrogens is 1. The van der Waals surface area contributed by atoms with Crippen molar-refractivity contribution in [2.75, 3.05) is 0 Å². The van der Waals surface area contributed by atoms with Crippen molar-refractivity contribution in [2.24, 2.45) is 0 Å². The second-order valence-electron chi connectivity index (χ2n) is 3.33. The summed E-state index contributed by atoms with van der Waals surface area (Å²) in [5.41, 5.74) is 1.79. The Balaban J connectivity index is 2.92. The number of aryl methyl sites for hydroxylation is 1. The molecule has 0 fully saturated rings. The number of nitrogens with one attached hydrogen (secondary N) is 1. The van der Waals surface area contributed by atoms with Gasteiger partial charge in [0.05, 0.1) is 11.3 Å². The lowest BCUT2D eigenvalue weighted by Gasteiger charge is -1.95. The van der Waals surface area contributed by atoms with E-state index in [0.29, 0.717) is 17.2 Å². The first-order chi connectivity index (χ1) is 7.15. The van der Waals surface area contributed by atoms with Gasteiger partial charge in [-0.25, -0.2) is 4.79 Å². The van der Waals surface area contributed by atoms with E-state index >= 15 is 0 Å². The van der Waals surface area contributed by atoms with Crippen molar-refractivity contribution in [2.45, 2.75) is 6.92 Å². The van der Waals surface area contributed by atoms with Gasteiger partial charge >= 0.3 is 5.97 Å². The van der Waals surface area contributed by atoms with Crippen LogP contribution < -0.4 is 0 Å². The molecule has 15 heavy (non-hydrogen) atoms. The number of carboxylic acid groups (broad SMARTS) is 1. The zero-order valence-corrected chi connectivity index (χ0v) is 8.07. The highest BCUT2D eigenvalue weighted by Crippen LogP contribution is 2.23. The number of H-pyrrole nitrogens is 1. The van der Waals surface area contributed by atoms with Gasteiger partial charge in [0.15, 0.2) is 6.29 Å². The average molecular weight is 203 g/mol. The van der Waals surface area contributed by atoms with Crippen LogP contribution in [0.4, 0.5) is 0 Å². The molecule has 2 rings (SSSR count). The van der Waals surface area contributed by atoms with Gasteiger partial charge in [0.2, 0.25) is 0 Å². The molecule has 0 radical (unpaired) electrons. The Hall–Kier alpha value is -2.10. The summed E-state index contributed by atoms with van der Waals surface area (Å²) in [6.07, 6.45) is 0.531. The molecule has 0 saturated heterocycles. The Bertz CT molecular complexity index is 554. The topological polar surface area (TPSA) is 70.2 Å². The van der Waals surface area contributed by atoms with E-state index in [1.54, 1.807) is 12.1 Å². The second-order valence-corrected chi connectivity index (χ2v) is 3.33. The average Bonchev–Trinajstić information content (AvgIpc) is 2.57. The first-order valence-corrected chi connectivity index (χ1v) is 4.45. The van der Waals surface area contributed by atoms with Crippen molar-refractivity contribution >= 4 is 23.2 Å². The van der Waals surface area contributed by atoms with Crippen LogP contribution in [0.3, 0.4) is 0 Å². The van der Waals surface area contributed by atoms with Crippen LogP contribution in [0.1, 0.15) is 26.4 Å². The van der Waals surface area contributed by atoms with E-state index in [1.165, 1.54) is 0 Å². The van der Waals surface area contributed by atoms with E-state index < -0.39 is 5.97 Å². The quantitative estimate of drug-likeness (QED) is 0.733. The second kappa shape index (κ2) is 3.24. The number of aromatic carboxylic acids is 1. The number of para-hydroxylation sites is 1. The summed E-state index contributed by atoms with van der Waals surface area (Å²) >= 11 is 0. The number of benzene rings is 1. The summed E-state index contributed by atoms with van der Waals surface area (Å²) < 4.78 is 0. The van der Waals surface area contributed by atoms with Crippen molar-refractivity contribution in [3.05, 3.63) is 35.0 Å². The Kier molecular flexibility index (Phi) is 2.04. The fourth-order valence-corrected chi connectivity index (χ4v) is 1.70. The lowest BCUT2D eigenvalue weighted by molar-refractivity contribution is 0.0696. The van der Waals surface area contributed by atoms with Crippen LogP contribution in [0.15, 0.2) is 18.2 Å². The maximum Gasteiger partial charge on any atom is 0.338 e. The van der Waals surface area contributed by atoms with E-state index in [-0.39, 0.29) is 11.3 Å². The maximum absolute atomic E-state index is 11.0. The molecule has 1 aromatic carbocycles. The Labute approximate surface area is 85.5 Å². The highest BCUT2D eigenvalue weighted by Gasteiger charge is 2.17. The summed E-state index contributed by atoms with van der Waals surface area (Å²) in [6.45, 7) is 1.86. The van der Waals surface area contributed by atoms with Crippen LogP contribution in [0, 0.1) is 6.92 Å². The summed E-state index contributed by atoms with van der Waals surface area (Å²) in [6, 6.07) is 5.32. The fraction of sp³-hybridized carbons (Fsp3) is 0.0909. The molecule has 0 saturated carbocycles. The molecule has 76 valence electrons. The summed E-state index contributed by atoms with van der Waals surface area (Å²) in [5, 5.41) is 9.57. The van der Waals surface area contributed by atoms with Gasteiger partial charge < -0.3 is 10.1 Å². The zero-order valence-electron chi connectivity index (χ0n) is 8.07. The van der Waals surface area contributed by atoms with Crippen LogP contribution in [0.25, 0.3) is 10.9 Å². The first-order valence-electron chi connectivity index (χ1n) is 4.45.